The number of allylic oxidation sites excluding steroid dienone is 1. The molecule has 3 heteroatoms. The van der Waals surface area contributed by atoms with Crippen LogP contribution in [-0.2, 0) is 9.53 Å². The van der Waals surface area contributed by atoms with Gasteiger partial charge < -0.3 is 4.74 Å². The molecule has 1 aromatic rings. The number of carbonyl (C=O) groups excluding carboxylic acids is 2. The van der Waals surface area contributed by atoms with Gasteiger partial charge >= 0.3 is 5.97 Å². The molecule has 0 atom stereocenters. The summed E-state index contributed by atoms with van der Waals surface area (Å²) in [6, 6.07) is 7.05. The van der Waals surface area contributed by atoms with E-state index in [4.69, 9.17) is 4.74 Å². The summed E-state index contributed by atoms with van der Waals surface area (Å²) in [5.74, 6) is -0.185. The van der Waals surface area contributed by atoms with Gasteiger partial charge in [0.15, 0.2) is 5.78 Å². The molecular formula is C11H8O3. The summed E-state index contributed by atoms with van der Waals surface area (Å²) < 4.78 is 4.91. The maximum atomic E-state index is 11.4. The van der Waals surface area contributed by atoms with Crippen LogP contribution in [0, 0.1) is 0 Å². The van der Waals surface area contributed by atoms with Crippen molar-refractivity contribution in [3.63, 3.8) is 0 Å². The lowest BCUT2D eigenvalue weighted by molar-refractivity contribution is -0.134. The topological polar surface area (TPSA) is 43.4 Å². The van der Waals surface area contributed by atoms with Crippen LogP contribution in [0.2, 0.25) is 0 Å². The Balaban J connectivity index is 2.43. The summed E-state index contributed by atoms with van der Waals surface area (Å²) in [6.45, 7) is 1.31. The number of ether oxygens (including phenoxy) is 1. The number of hydrogen-bond donors (Lipinski definition) is 0. The van der Waals surface area contributed by atoms with Crippen LogP contribution in [-0.4, -0.2) is 11.8 Å². The molecule has 14 heavy (non-hydrogen) atoms. The summed E-state index contributed by atoms with van der Waals surface area (Å²) in [4.78, 5) is 22.1. The van der Waals surface area contributed by atoms with E-state index in [1.54, 1.807) is 24.3 Å². The molecule has 0 amide bonds. The fourth-order valence-corrected chi connectivity index (χ4v) is 1.43. The van der Waals surface area contributed by atoms with Gasteiger partial charge in [-0.15, -0.1) is 0 Å². The third-order valence-electron chi connectivity index (χ3n) is 1.97. The highest BCUT2D eigenvalue weighted by atomic mass is 16.5. The molecule has 0 bridgehead atoms. The monoisotopic (exact) mass is 188 g/mol. The van der Waals surface area contributed by atoms with Crippen molar-refractivity contribution in [3.8, 4) is 0 Å². The zero-order valence-corrected chi connectivity index (χ0v) is 7.61. The number of benzene rings is 1. The number of hydrogen-bond acceptors (Lipinski definition) is 3. The minimum absolute atomic E-state index is 0.114. The van der Waals surface area contributed by atoms with Crippen LogP contribution in [0.5, 0.6) is 0 Å². The first-order valence-electron chi connectivity index (χ1n) is 4.22. The van der Waals surface area contributed by atoms with Gasteiger partial charge in [-0.05, 0) is 0 Å². The number of esters is 1. The van der Waals surface area contributed by atoms with E-state index < -0.39 is 5.97 Å². The van der Waals surface area contributed by atoms with Crippen LogP contribution in [0.15, 0.2) is 30.3 Å². The van der Waals surface area contributed by atoms with Gasteiger partial charge in [-0.2, -0.15) is 0 Å². The van der Waals surface area contributed by atoms with E-state index in [-0.39, 0.29) is 5.78 Å². The second-order valence-corrected chi connectivity index (χ2v) is 3.01. The Hall–Kier alpha value is -1.90. The summed E-state index contributed by atoms with van der Waals surface area (Å²) in [6.07, 6.45) is 1.34. The fraction of sp³-hybridized carbons (Fsp3) is 0.0909. The Morgan fingerprint density at radius 1 is 1.21 bits per heavy atom. The molecule has 2 rings (SSSR count). The molecule has 0 saturated heterocycles. The smallest absolute Gasteiger partial charge is 0.308 e. The van der Waals surface area contributed by atoms with Gasteiger partial charge in [-0.1, -0.05) is 24.3 Å². The second kappa shape index (κ2) is 3.10. The molecule has 1 aromatic carbocycles. The number of rotatable bonds is 1. The zero-order valence-electron chi connectivity index (χ0n) is 7.61. The highest BCUT2D eigenvalue weighted by Gasteiger charge is 2.22. The highest BCUT2D eigenvalue weighted by molar-refractivity contribution is 6.16. The molecule has 0 saturated carbocycles. The molecule has 0 aromatic heterocycles. The summed E-state index contributed by atoms with van der Waals surface area (Å²) in [7, 11) is 0. The molecule has 0 radical (unpaired) electrons. The molecule has 70 valence electrons. The Morgan fingerprint density at radius 3 is 2.50 bits per heavy atom. The molecule has 0 fully saturated rings. The van der Waals surface area contributed by atoms with Gasteiger partial charge in [0.2, 0.25) is 0 Å². The standard InChI is InChI=1S/C11H8O3/c1-7(12)14-11-6-10(13)8-4-2-3-5-9(8)11/h2-6H,1H3. The number of carbonyl (C=O) groups is 2. The Morgan fingerprint density at radius 2 is 1.86 bits per heavy atom. The van der Waals surface area contributed by atoms with E-state index >= 15 is 0 Å². The molecule has 1 aliphatic rings. The van der Waals surface area contributed by atoms with Crippen molar-refractivity contribution in [2.75, 3.05) is 0 Å². The molecule has 3 nitrogen and oxygen atoms in total. The van der Waals surface area contributed by atoms with E-state index in [9.17, 15) is 9.59 Å². The average Bonchev–Trinajstić information content (AvgIpc) is 2.44. The number of ketones is 1. The van der Waals surface area contributed by atoms with Gasteiger partial charge in [-0.25, -0.2) is 0 Å². The van der Waals surface area contributed by atoms with Crippen molar-refractivity contribution < 1.29 is 14.3 Å². The van der Waals surface area contributed by atoms with Crippen LogP contribution in [0.1, 0.15) is 22.8 Å². The third kappa shape index (κ3) is 1.33. The third-order valence-corrected chi connectivity index (χ3v) is 1.97. The predicted molar refractivity (Wildman–Crippen MR) is 50.5 cm³/mol. The lowest BCUT2D eigenvalue weighted by Gasteiger charge is -2.02. The van der Waals surface area contributed by atoms with Crippen LogP contribution < -0.4 is 0 Å². The zero-order chi connectivity index (χ0) is 10.1. The van der Waals surface area contributed by atoms with Crippen molar-refractivity contribution >= 4 is 17.5 Å². The predicted octanol–water partition coefficient (Wildman–Crippen LogP) is 1.79. The summed E-state index contributed by atoms with van der Waals surface area (Å²) in [5.41, 5.74) is 1.27. The Labute approximate surface area is 81.0 Å². The minimum Gasteiger partial charge on any atom is -0.426 e. The minimum atomic E-state index is -0.416. The van der Waals surface area contributed by atoms with Crippen molar-refractivity contribution in [2.24, 2.45) is 0 Å². The molecule has 0 aliphatic heterocycles. The van der Waals surface area contributed by atoms with Crippen molar-refractivity contribution in [1.82, 2.24) is 0 Å². The van der Waals surface area contributed by atoms with E-state index in [2.05, 4.69) is 0 Å². The normalized spacial score (nSPS) is 13.5. The quantitative estimate of drug-likeness (QED) is 0.631. The molecule has 0 spiro atoms. The SMILES string of the molecule is CC(=O)OC1=CC(=O)c2ccccc21. The molecule has 0 unspecified atom stereocenters. The van der Waals surface area contributed by atoms with Gasteiger partial charge in [-0.3, -0.25) is 9.59 Å². The van der Waals surface area contributed by atoms with E-state index in [1.807, 2.05) is 0 Å². The van der Waals surface area contributed by atoms with Gasteiger partial charge in [0, 0.05) is 24.1 Å². The van der Waals surface area contributed by atoms with E-state index in [0.29, 0.717) is 16.9 Å². The fourth-order valence-electron chi connectivity index (χ4n) is 1.43. The van der Waals surface area contributed by atoms with Crippen LogP contribution >= 0.6 is 0 Å². The molecular weight excluding hydrogens is 180 g/mol. The van der Waals surface area contributed by atoms with Gasteiger partial charge in [0.1, 0.15) is 5.76 Å². The Kier molecular flexibility index (Phi) is 1.93. The van der Waals surface area contributed by atoms with E-state index in [0.717, 1.165) is 0 Å². The van der Waals surface area contributed by atoms with E-state index in [1.165, 1.54) is 13.0 Å². The van der Waals surface area contributed by atoms with Crippen LogP contribution in [0.25, 0.3) is 5.76 Å². The van der Waals surface area contributed by atoms with Gasteiger partial charge in [0.05, 0.1) is 0 Å². The lowest BCUT2D eigenvalue weighted by Crippen LogP contribution is -1.96. The molecule has 0 N–H and O–H groups in total. The Bertz CT molecular complexity index is 444. The first-order chi connectivity index (χ1) is 6.68. The van der Waals surface area contributed by atoms with Crippen LogP contribution in [0.3, 0.4) is 0 Å². The molecule has 1 aliphatic carbocycles. The van der Waals surface area contributed by atoms with Crippen LogP contribution in [0.4, 0.5) is 0 Å². The first-order valence-corrected chi connectivity index (χ1v) is 4.22. The van der Waals surface area contributed by atoms with Crippen molar-refractivity contribution in [1.29, 1.82) is 0 Å². The average molecular weight is 188 g/mol. The number of fused-ring (bicyclic) bond motifs is 1. The first kappa shape index (κ1) is 8.69. The van der Waals surface area contributed by atoms with Gasteiger partial charge in [0.25, 0.3) is 0 Å². The molecule has 0 heterocycles. The lowest BCUT2D eigenvalue weighted by atomic mass is 10.1. The summed E-state index contributed by atoms with van der Waals surface area (Å²) >= 11 is 0. The largest absolute Gasteiger partial charge is 0.426 e. The highest BCUT2D eigenvalue weighted by Crippen LogP contribution is 2.27. The van der Waals surface area contributed by atoms with Crippen molar-refractivity contribution in [3.05, 3.63) is 41.5 Å². The van der Waals surface area contributed by atoms with Crippen molar-refractivity contribution in [2.45, 2.75) is 6.92 Å². The maximum Gasteiger partial charge on any atom is 0.308 e. The second-order valence-electron chi connectivity index (χ2n) is 3.01. The summed E-state index contributed by atoms with van der Waals surface area (Å²) in [5, 5.41) is 0. The maximum absolute atomic E-state index is 11.4.